The van der Waals surface area contributed by atoms with Gasteiger partial charge in [-0.25, -0.2) is 23.1 Å². The number of aromatic nitrogens is 3. The third-order valence-corrected chi connectivity index (χ3v) is 10.9. The van der Waals surface area contributed by atoms with Crippen molar-refractivity contribution in [2.45, 2.75) is 82.7 Å². The highest BCUT2D eigenvalue weighted by Crippen LogP contribution is 2.52. The maximum atomic E-state index is 14.5. The second-order valence-electron chi connectivity index (χ2n) is 15.1. The third kappa shape index (κ3) is 6.97. The molecule has 11 nitrogen and oxygen atoms in total. The van der Waals surface area contributed by atoms with E-state index in [4.69, 9.17) is 14.2 Å². The highest BCUT2D eigenvalue weighted by Gasteiger charge is 2.54. The maximum absolute atomic E-state index is 14.5. The van der Waals surface area contributed by atoms with Crippen LogP contribution in [-0.2, 0) is 17.7 Å². The van der Waals surface area contributed by atoms with Crippen molar-refractivity contribution in [3.63, 3.8) is 0 Å². The number of anilines is 1. The quantitative estimate of drug-likeness (QED) is 0.315. The van der Waals surface area contributed by atoms with E-state index in [-0.39, 0.29) is 35.0 Å². The minimum absolute atomic E-state index is 0.0338. The number of benzene rings is 1. The van der Waals surface area contributed by atoms with Crippen LogP contribution >= 0.6 is 0 Å². The van der Waals surface area contributed by atoms with Gasteiger partial charge in [0.05, 0.1) is 24.5 Å². The van der Waals surface area contributed by atoms with Crippen LogP contribution in [0, 0.1) is 11.2 Å². The van der Waals surface area contributed by atoms with Crippen LogP contribution in [-0.4, -0.2) is 107 Å². The van der Waals surface area contributed by atoms with Crippen molar-refractivity contribution in [3.05, 3.63) is 65.6 Å². The second kappa shape index (κ2) is 13.5. The van der Waals surface area contributed by atoms with E-state index >= 15 is 0 Å². The Bertz CT molecular complexity index is 1750. The van der Waals surface area contributed by atoms with Gasteiger partial charge in [0.2, 0.25) is 0 Å². The van der Waals surface area contributed by atoms with Crippen molar-refractivity contribution in [2.24, 2.45) is 5.41 Å². The number of ether oxygens (including phenoxy) is 3. The average Bonchev–Trinajstić information content (AvgIpc) is 3.06. The molecule has 3 aliphatic heterocycles. The lowest BCUT2D eigenvalue weighted by molar-refractivity contribution is -0.120. The Hall–Kier alpha value is -4.01. The van der Waals surface area contributed by atoms with Gasteiger partial charge in [0.1, 0.15) is 29.7 Å². The Labute approximate surface area is 295 Å². The number of nitrogens with zero attached hydrogens (tertiary/aromatic N) is 6. The zero-order valence-electron chi connectivity index (χ0n) is 29.0. The maximum Gasteiger partial charge on any atom is 0.258 e. The molecule has 8 rings (SSSR count). The van der Waals surface area contributed by atoms with E-state index in [0.29, 0.717) is 11.6 Å². The summed E-state index contributed by atoms with van der Waals surface area (Å²) >= 11 is 0. The fraction of sp³-hybridized carbons (Fsp3) is 0.568. The number of carbonyl (C=O) groups is 1. The standard InChI is InChI=1S/C37H44F3N7O4/c1-23(2)47(25-12-37(39,40)13-25)35(48)28-11-24(38)3-4-31(28)51-33-17-42-22-44-34(33)46-20-36(21-46)14-26(15-36)50-32-5-7-43-30-6-9-45(19-29(30)32)18-27-16-41-8-10-49-27/h3-5,7,11,17,22-23,25-27,41H,6,8-10,12-16,18-21H2,1-2H3. The number of morpholine rings is 1. The van der Waals surface area contributed by atoms with E-state index in [9.17, 15) is 18.0 Å². The van der Waals surface area contributed by atoms with Crippen molar-refractivity contribution >= 4 is 11.7 Å². The first-order valence-electron chi connectivity index (χ1n) is 18.0. The first-order valence-corrected chi connectivity index (χ1v) is 18.0. The average molecular weight is 708 g/mol. The molecule has 1 atom stereocenters. The summed E-state index contributed by atoms with van der Waals surface area (Å²) in [5, 5.41) is 3.41. The molecule has 1 spiro atoms. The highest BCUT2D eigenvalue weighted by atomic mass is 19.3. The highest BCUT2D eigenvalue weighted by molar-refractivity contribution is 5.97. The fourth-order valence-corrected chi connectivity index (χ4v) is 8.38. The summed E-state index contributed by atoms with van der Waals surface area (Å²) in [7, 11) is 0. The zero-order chi connectivity index (χ0) is 35.3. The molecule has 272 valence electrons. The smallest absolute Gasteiger partial charge is 0.258 e. The van der Waals surface area contributed by atoms with E-state index in [2.05, 4.69) is 30.1 Å². The molecule has 2 aliphatic carbocycles. The molecule has 1 N–H and O–H groups in total. The fourth-order valence-electron chi connectivity index (χ4n) is 8.38. The van der Waals surface area contributed by atoms with Crippen molar-refractivity contribution in [2.75, 3.05) is 50.8 Å². The molecule has 2 saturated carbocycles. The normalized spacial score (nSPS) is 22.9. The molecule has 51 heavy (non-hydrogen) atoms. The first-order chi connectivity index (χ1) is 24.5. The van der Waals surface area contributed by atoms with Gasteiger partial charge in [0.15, 0.2) is 11.6 Å². The topological polar surface area (TPSA) is 105 Å². The molecule has 14 heteroatoms. The van der Waals surface area contributed by atoms with E-state index in [0.717, 1.165) is 89.2 Å². The largest absolute Gasteiger partial charge is 0.490 e. The monoisotopic (exact) mass is 707 g/mol. The van der Waals surface area contributed by atoms with Gasteiger partial charge in [-0.05, 0) is 51.0 Å². The molecule has 1 unspecified atom stereocenters. The number of hydrogen-bond acceptors (Lipinski definition) is 10. The van der Waals surface area contributed by atoms with Gasteiger partial charge >= 0.3 is 0 Å². The molecule has 5 heterocycles. The van der Waals surface area contributed by atoms with Crippen molar-refractivity contribution in [1.82, 2.24) is 30.1 Å². The molecular weight excluding hydrogens is 663 g/mol. The first kappa shape index (κ1) is 34.1. The molecular formula is C37H44F3N7O4. The Morgan fingerprint density at radius 2 is 1.94 bits per heavy atom. The number of pyridine rings is 1. The molecule has 2 saturated heterocycles. The molecule has 3 aromatic rings. The summed E-state index contributed by atoms with van der Waals surface area (Å²) in [6.45, 7) is 10.2. The lowest BCUT2D eigenvalue weighted by Crippen LogP contribution is -2.65. The lowest BCUT2D eigenvalue weighted by atomic mass is 9.61. The van der Waals surface area contributed by atoms with Gasteiger partial charge in [0.25, 0.3) is 11.8 Å². The predicted octanol–water partition coefficient (Wildman–Crippen LogP) is 4.85. The molecule has 0 radical (unpaired) electrons. The molecule has 0 bridgehead atoms. The summed E-state index contributed by atoms with van der Waals surface area (Å²) in [5.74, 6) is -2.05. The SMILES string of the molecule is CC(C)N(C(=O)c1cc(F)ccc1Oc1cncnc1N1CC2(CC(Oc3ccnc4c3CN(CC3CNCCO3)CC4)C2)C1)C1CC(F)(F)C1. The lowest BCUT2D eigenvalue weighted by Gasteiger charge is -2.59. The summed E-state index contributed by atoms with van der Waals surface area (Å²) in [4.78, 5) is 33.0. The Kier molecular flexibility index (Phi) is 9.04. The zero-order valence-corrected chi connectivity index (χ0v) is 29.0. The molecule has 1 aromatic carbocycles. The van der Waals surface area contributed by atoms with Crippen LogP contribution in [0.15, 0.2) is 43.0 Å². The van der Waals surface area contributed by atoms with Gasteiger partial charge in [-0.2, -0.15) is 0 Å². The summed E-state index contributed by atoms with van der Waals surface area (Å²) in [6.07, 6.45) is 7.00. The van der Waals surface area contributed by atoms with Crippen LogP contribution < -0.4 is 19.7 Å². The van der Waals surface area contributed by atoms with Gasteiger partial charge in [-0.1, -0.05) is 0 Å². The van der Waals surface area contributed by atoms with Crippen LogP contribution in [0.2, 0.25) is 0 Å². The Morgan fingerprint density at radius 1 is 1.12 bits per heavy atom. The van der Waals surface area contributed by atoms with E-state index in [1.165, 1.54) is 35.1 Å². The van der Waals surface area contributed by atoms with Crippen LogP contribution in [0.25, 0.3) is 0 Å². The number of halogens is 3. The minimum atomic E-state index is -2.81. The Balaban J connectivity index is 0.904. The van der Waals surface area contributed by atoms with Gasteiger partial charge in [-0.15, -0.1) is 0 Å². The van der Waals surface area contributed by atoms with E-state index in [1.54, 1.807) is 13.8 Å². The summed E-state index contributed by atoms with van der Waals surface area (Å²) in [6, 6.07) is 4.68. The molecule has 1 amide bonds. The van der Waals surface area contributed by atoms with Crippen molar-refractivity contribution < 1.29 is 32.2 Å². The van der Waals surface area contributed by atoms with Crippen LogP contribution in [0.1, 0.15) is 61.1 Å². The molecule has 2 aromatic heterocycles. The van der Waals surface area contributed by atoms with Gasteiger partial charge < -0.3 is 29.3 Å². The molecule has 4 fully saturated rings. The van der Waals surface area contributed by atoms with Crippen LogP contribution in [0.3, 0.4) is 0 Å². The summed E-state index contributed by atoms with van der Waals surface area (Å²) < 4.78 is 60.8. The number of hydrogen-bond donors (Lipinski definition) is 1. The number of nitrogens with one attached hydrogen (secondary N) is 1. The number of fused-ring (bicyclic) bond motifs is 1. The van der Waals surface area contributed by atoms with Crippen LogP contribution in [0.5, 0.6) is 17.2 Å². The second-order valence-corrected chi connectivity index (χ2v) is 15.1. The van der Waals surface area contributed by atoms with Crippen LogP contribution in [0.4, 0.5) is 19.0 Å². The third-order valence-electron chi connectivity index (χ3n) is 10.9. The predicted molar refractivity (Wildman–Crippen MR) is 182 cm³/mol. The minimum Gasteiger partial charge on any atom is -0.490 e. The Morgan fingerprint density at radius 3 is 2.69 bits per heavy atom. The number of rotatable bonds is 10. The number of amides is 1. The van der Waals surface area contributed by atoms with E-state index < -0.39 is 36.5 Å². The van der Waals surface area contributed by atoms with Crippen molar-refractivity contribution in [1.29, 1.82) is 0 Å². The van der Waals surface area contributed by atoms with Gasteiger partial charge in [-0.3, -0.25) is 14.7 Å². The van der Waals surface area contributed by atoms with Gasteiger partial charge in [0, 0.05) is 100 Å². The van der Waals surface area contributed by atoms with E-state index in [1.807, 2.05) is 12.3 Å². The number of alkyl halides is 2. The molecule has 5 aliphatic rings. The van der Waals surface area contributed by atoms with Crippen molar-refractivity contribution in [3.8, 4) is 17.2 Å². The summed E-state index contributed by atoms with van der Waals surface area (Å²) in [5.41, 5.74) is 2.34. The number of carbonyl (C=O) groups excluding carboxylic acids is 1.